The summed E-state index contributed by atoms with van der Waals surface area (Å²) in [6, 6.07) is -0.556. The molecule has 0 aliphatic heterocycles. The van der Waals surface area contributed by atoms with Gasteiger partial charge in [0.1, 0.15) is 0 Å². The lowest BCUT2D eigenvalue weighted by molar-refractivity contribution is -0.143. The Balaban J connectivity index is 3.44. The fourth-order valence-electron chi connectivity index (χ4n) is 7.87. The summed E-state index contributed by atoms with van der Waals surface area (Å²) in [5, 5.41) is 23.1. The van der Waals surface area contributed by atoms with Gasteiger partial charge in [-0.1, -0.05) is 225 Å². The van der Waals surface area contributed by atoms with Gasteiger partial charge in [-0.25, -0.2) is 0 Å². The Bertz CT molecular complexity index is 847. The first-order chi connectivity index (χ1) is 28.0. The number of amides is 1. The highest BCUT2D eigenvalue weighted by Crippen LogP contribution is 2.16. The highest BCUT2D eigenvalue weighted by Gasteiger charge is 2.20. The molecule has 0 aliphatic carbocycles. The number of rotatable bonds is 47. The number of hydrogen-bond donors (Lipinski definition) is 3. The van der Waals surface area contributed by atoms with Crippen LogP contribution in [0.15, 0.2) is 12.2 Å². The van der Waals surface area contributed by atoms with Crippen LogP contribution in [0.1, 0.15) is 277 Å². The van der Waals surface area contributed by atoms with Gasteiger partial charge in [0.05, 0.1) is 25.4 Å². The van der Waals surface area contributed by atoms with E-state index in [2.05, 4.69) is 31.3 Å². The van der Waals surface area contributed by atoms with E-state index in [4.69, 9.17) is 4.74 Å². The Morgan fingerprint density at radius 2 is 0.825 bits per heavy atom. The van der Waals surface area contributed by atoms with Crippen LogP contribution in [0.5, 0.6) is 0 Å². The van der Waals surface area contributed by atoms with Gasteiger partial charge < -0.3 is 20.3 Å². The second-order valence-corrected chi connectivity index (χ2v) is 17.5. The summed E-state index contributed by atoms with van der Waals surface area (Å²) >= 11 is 0. The van der Waals surface area contributed by atoms with Crippen molar-refractivity contribution in [1.29, 1.82) is 0 Å². The Morgan fingerprint density at radius 3 is 1.25 bits per heavy atom. The minimum absolute atomic E-state index is 0.0193. The molecule has 0 bridgehead atoms. The van der Waals surface area contributed by atoms with E-state index in [0.29, 0.717) is 25.9 Å². The maximum Gasteiger partial charge on any atom is 0.305 e. The summed E-state index contributed by atoms with van der Waals surface area (Å²) in [4.78, 5) is 24.5. The van der Waals surface area contributed by atoms with E-state index < -0.39 is 12.1 Å². The summed E-state index contributed by atoms with van der Waals surface area (Å²) in [6.45, 7) is 4.89. The topological polar surface area (TPSA) is 95.9 Å². The van der Waals surface area contributed by atoms with Crippen LogP contribution in [0.3, 0.4) is 0 Å². The summed E-state index contributed by atoms with van der Waals surface area (Å²) < 4.78 is 5.46. The molecule has 0 saturated heterocycles. The van der Waals surface area contributed by atoms with E-state index in [1.54, 1.807) is 0 Å². The number of allylic oxidation sites excluding steroid dienone is 2. The van der Waals surface area contributed by atoms with Crippen LogP contribution in [-0.4, -0.2) is 47.4 Å². The third-order valence-corrected chi connectivity index (χ3v) is 11.8. The van der Waals surface area contributed by atoms with Crippen molar-refractivity contribution in [2.45, 2.75) is 289 Å². The number of aliphatic hydroxyl groups is 2. The van der Waals surface area contributed by atoms with Crippen molar-refractivity contribution in [1.82, 2.24) is 5.32 Å². The van der Waals surface area contributed by atoms with Crippen molar-refractivity contribution in [3.05, 3.63) is 12.2 Å². The number of ether oxygens (including phenoxy) is 1. The number of carbonyl (C=O) groups is 2. The number of nitrogens with one attached hydrogen (secondary N) is 1. The molecule has 0 rings (SSSR count). The van der Waals surface area contributed by atoms with Gasteiger partial charge >= 0.3 is 5.97 Å². The minimum Gasteiger partial charge on any atom is -0.466 e. The van der Waals surface area contributed by atoms with Gasteiger partial charge in [0.2, 0.25) is 5.91 Å². The lowest BCUT2D eigenvalue weighted by Crippen LogP contribution is -2.45. The zero-order valence-electron chi connectivity index (χ0n) is 38.3. The van der Waals surface area contributed by atoms with Crippen LogP contribution in [-0.2, 0) is 14.3 Å². The third-order valence-electron chi connectivity index (χ3n) is 11.8. The van der Waals surface area contributed by atoms with Gasteiger partial charge in [0.15, 0.2) is 0 Å². The number of aliphatic hydroxyl groups excluding tert-OH is 2. The van der Waals surface area contributed by atoms with Crippen LogP contribution >= 0.6 is 0 Å². The highest BCUT2D eigenvalue weighted by atomic mass is 16.5. The molecule has 338 valence electrons. The normalized spacial score (nSPS) is 12.7. The maximum absolute atomic E-state index is 12.4. The van der Waals surface area contributed by atoms with Gasteiger partial charge in [-0.2, -0.15) is 0 Å². The predicted molar refractivity (Wildman–Crippen MR) is 246 cm³/mol. The van der Waals surface area contributed by atoms with Crippen molar-refractivity contribution >= 4 is 11.9 Å². The average Bonchev–Trinajstić information content (AvgIpc) is 3.21. The van der Waals surface area contributed by atoms with Gasteiger partial charge in [0, 0.05) is 12.8 Å². The fourth-order valence-corrected chi connectivity index (χ4v) is 7.87. The molecule has 2 unspecified atom stereocenters. The molecule has 6 heteroatoms. The summed E-state index contributed by atoms with van der Waals surface area (Å²) in [5.74, 6) is -0.0776. The second-order valence-electron chi connectivity index (χ2n) is 17.5. The number of unbranched alkanes of at least 4 members (excludes halogenated alkanes) is 34. The fraction of sp³-hybridized carbons (Fsp3) is 0.922. The molecule has 0 spiro atoms. The number of hydrogen-bond acceptors (Lipinski definition) is 5. The van der Waals surface area contributed by atoms with E-state index in [0.717, 1.165) is 57.8 Å². The molecule has 3 N–H and O–H groups in total. The van der Waals surface area contributed by atoms with Gasteiger partial charge in [-0.3, -0.25) is 9.59 Å². The quantitative estimate of drug-likeness (QED) is 0.0323. The zero-order valence-corrected chi connectivity index (χ0v) is 38.3. The monoisotopic (exact) mass is 806 g/mol. The largest absolute Gasteiger partial charge is 0.466 e. The standard InChI is InChI=1S/C51H99NO5/c1-3-5-7-9-11-13-15-16-17-18-19-20-21-22-24-29-33-37-41-45-51(56)57-46-42-38-34-30-26-25-28-32-36-40-44-50(55)52-48(47-53)49(54)43-39-35-31-27-23-14-12-10-8-6-4-2/h16-17,48-49,53-54H,3-15,18-47H2,1-2H3,(H,52,55)/b17-16-. The van der Waals surface area contributed by atoms with Crippen molar-refractivity contribution in [3.8, 4) is 0 Å². The van der Waals surface area contributed by atoms with E-state index in [-0.39, 0.29) is 18.5 Å². The number of carbonyl (C=O) groups excluding carboxylic acids is 2. The SMILES string of the molecule is CCCCCCCC/C=C\CCCCCCCCCCCC(=O)OCCCCCCCCCCCCC(=O)NC(CO)C(O)CCCCCCCCCCCCC. The molecule has 0 fully saturated rings. The van der Waals surface area contributed by atoms with E-state index in [9.17, 15) is 19.8 Å². The lowest BCUT2D eigenvalue weighted by Gasteiger charge is -2.22. The van der Waals surface area contributed by atoms with E-state index >= 15 is 0 Å². The number of esters is 1. The Hall–Kier alpha value is -1.40. The Labute approximate surface area is 355 Å². The molecule has 0 aliphatic rings. The van der Waals surface area contributed by atoms with Crippen LogP contribution < -0.4 is 5.32 Å². The second kappa shape index (κ2) is 47.3. The minimum atomic E-state index is -0.676. The van der Waals surface area contributed by atoms with E-state index in [1.807, 2.05) is 0 Å². The van der Waals surface area contributed by atoms with Crippen LogP contribution in [0.2, 0.25) is 0 Å². The highest BCUT2D eigenvalue weighted by molar-refractivity contribution is 5.76. The van der Waals surface area contributed by atoms with Crippen LogP contribution in [0.4, 0.5) is 0 Å². The molecular weight excluding hydrogens is 707 g/mol. The summed E-state index contributed by atoms with van der Waals surface area (Å²) in [5.41, 5.74) is 0. The molecule has 1 amide bonds. The summed E-state index contributed by atoms with van der Waals surface area (Å²) in [6.07, 6.45) is 53.2. The predicted octanol–water partition coefficient (Wildman–Crippen LogP) is 15.0. The summed E-state index contributed by atoms with van der Waals surface area (Å²) in [7, 11) is 0. The molecule has 2 atom stereocenters. The molecule has 6 nitrogen and oxygen atoms in total. The molecule has 0 saturated carbocycles. The Kier molecular flexibility index (Phi) is 46.1. The molecule has 0 radical (unpaired) electrons. The van der Waals surface area contributed by atoms with E-state index in [1.165, 1.54) is 186 Å². The first kappa shape index (κ1) is 55.6. The first-order valence-corrected chi connectivity index (χ1v) is 25.4. The molecule has 0 aromatic rings. The molecule has 0 aromatic heterocycles. The van der Waals surface area contributed by atoms with Gasteiger partial charge in [-0.15, -0.1) is 0 Å². The van der Waals surface area contributed by atoms with Crippen molar-refractivity contribution in [3.63, 3.8) is 0 Å². The third kappa shape index (κ3) is 44.0. The average molecular weight is 806 g/mol. The molecule has 0 heterocycles. The molecule has 57 heavy (non-hydrogen) atoms. The molecule has 0 aromatic carbocycles. The van der Waals surface area contributed by atoms with Gasteiger partial charge in [0.25, 0.3) is 0 Å². The van der Waals surface area contributed by atoms with Crippen LogP contribution in [0, 0.1) is 0 Å². The zero-order chi connectivity index (χ0) is 41.5. The van der Waals surface area contributed by atoms with Crippen molar-refractivity contribution in [2.75, 3.05) is 13.2 Å². The maximum atomic E-state index is 12.4. The van der Waals surface area contributed by atoms with Crippen molar-refractivity contribution < 1.29 is 24.5 Å². The smallest absolute Gasteiger partial charge is 0.305 e. The van der Waals surface area contributed by atoms with Gasteiger partial charge in [-0.05, 0) is 51.4 Å². The first-order valence-electron chi connectivity index (χ1n) is 25.4. The van der Waals surface area contributed by atoms with Crippen LogP contribution in [0.25, 0.3) is 0 Å². The molecular formula is C51H99NO5. The Morgan fingerprint density at radius 1 is 0.474 bits per heavy atom. The lowest BCUT2D eigenvalue weighted by atomic mass is 10.0. The van der Waals surface area contributed by atoms with Crippen molar-refractivity contribution in [2.24, 2.45) is 0 Å².